The molecular formula is C32H30N9Na3O11S3. The second kappa shape index (κ2) is 20.3. The average Bonchev–Trinajstić information content (AvgIpc) is 3.13. The molecule has 4 aromatic carbocycles. The van der Waals surface area contributed by atoms with Crippen molar-refractivity contribution < 1.29 is 137 Å². The minimum absolute atomic E-state index is 0. The largest absolute Gasteiger partial charge is 1.00 e. The number of ether oxygens (including phenoxy) is 1. The topological polar surface area (TPSA) is 295 Å². The number of morpholine rings is 1. The van der Waals surface area contributed by atoms with E-state index in [4.69, 9.17) is 4.74 Å². The van der Waals surface area contributed by atoms with Gasteiger partial charge >= 0.3 is 88.7 Å². The quantitative estimate of drug-likeness (QED) is 0.0597. The maximum absolute atomic E-state index is 12.3. The molecule has 6 rings (SSSR count). The summed E-state index contributed by atoms with van der Waals surface area (Å²) in [4.78, 5) is 15.1. The second-order valence-corrected chi connectivity index (χ2v) is 16.1. The van der Waals surface area contributed by atoms with Crippen LogP contribution in [0.5, 0.6) is 5.75 Å². The summed E-state index contributed by atoms with van der Waals surface area (Å²) in [5, 5.41) is 24.8. The molecule has 1 aliphatic rings. The van der Waals surface area contributed by atoms with Gasteiger partial charge in [-0.25, -0.2) is 25.3 Å². The molecule has 1 fully saturated rings. The van der Waals surface area contributed by atoms with Crippen LogP contribution >= 0.6 is 0 Å². The molecule has 0 bridgehead atoms. The van der Waals surface area contributed by atoms with E-state index in [1.807, 2.05) is 4.90 Å². The summed E-state index contributed by atoms with van der Waals surface area (Å²) in [5.74, 6) is -0.216. The molecule has 290 valence electrons. The number of hydrogen-bond donors (Lipinski definition) is 3. The summed E-state index contributed by atoms with van der Waals surface area (Å²) in [6.45, 7) is 1.75. The van der Waals surface area contributed by atoms with Gasteiger partial charge in [0.2, 0.25) is 17.8 Å². The molecule has 5 aromatic rings. The number of nitrogens with zero attached hydrogens (tertiary/aromatic N) is 7. The zero-order valence-electron chi connectivity index (χ0n) is 31.8. The van der Waals surface area contributed by atoms with Gasteiger partial charge < -0.3 is 43.9 Å². The van der Waals surface area contributed by atoms with Crippen molar-refractivity contribution in [2.24, 2.45) is 10.2 Å². The fourth-order valence-electron chi connectivity index (χ4n) is 5.59. The monoisotopic (exact) mass is 881 g/mol. The maximum atomic E-state index is 12.3. The van der Waals surface area contributed by atoms with Crippen LogP contribution in [0.3, 0.4) is 0 Å². The van der Waals surface area contributed by atoms with Gasteiger partial charge in [0, 0.05) is 39.4 Å². The third kappa shape index (κ3) is 12.0. The van der Waals surface area contributed by atoms with Gasteiger partial charge in [-0.15, -0.1) is 10.2 Å². The summed E-state index contributed by atoms with van der Waals surface area (Å²) in [5.41, 5.74) is 0.496. The van der Waals surface area contributed by atoms with Crippen molar-refractivity contribution in [3.8, 4) is 5.75 Å². The molecule has 3 N–H and O–H groups in total. The Balaban J connectivity index is 0.00000300. The molecule has 1 saturated heterocycles. The molecule has 0 aliphatic carbocycles. The van der Waals surface area contributed by atoms with Crippen LogP contribution in [0.2, 0.25) is 0 Å². The molecule has 26 heteroatoms. The summed E-state index contributed by atoms with van der Waals surface area (Å²) in [6, 6.07) is 13.6. The Morgan fingerprint density at radius 3 is 2.16 bits per heavy atom. The fourth-order valence-corrected chi connectivity index (χ4v) is 7.23. The zero-order chi connectivity index (χ0) is 39.7. The van der Waals surface area contributed by atoms with Crippen LogP contribution in [-0.4, -0.2) is 99.4 Å². The number of benzene rings is 4. The minimum atomic E-state index is -5.09. The summed E-state index contributed by atoms with van der Waals surface area (Å²) in [6.07, 6.45) is 0. The first kappa shape index (κ1) is 49.8. The minimum Gasteiger partial charge on any atom is -0.744 e. The number of phenolic OH excluding ortho intramolecular Hbond substituents is 1. The molecule has 0 atom stereocenters. The third-order valence-corrected chi connectivity index (χ3v) is 10.7. The second-order valence-electron chi connectivity index (χ2n) is 12.0. The molecule has 1 aliphatic heterocycles. The van der Waals surface area contributed by atoms with Gasteiger partial charge in [-0.1, -0.05) is 18.2 Å². The number of nitrogens with one attached hydrogen (secondary N) is 2. The number of fused-ring (bicyclic) bond motifs is 1. The van der Waals surface area contributed by atoms with E-state index in [0.717, 1.165) is 30.3 Å². The van der Waals surface area contributed by atoms with Gasteiger partial charge in [0.25, 0.3) is 0 Å². The van der Waals surface area contributed by atoms with Crippen molar-refractivity contribution in [2.75, 3.05) is 60.8 Å². The zero-order valence-corrected chi connectivity index (χ0v) is 40.2. The Kier molecular flexibility index (Phi) is 17.5. The van der Waals surface area contributed by atoms with E-state index in [0.29, 0.717) is 31.9 Å². The molecule has 0 unspecified atom stereocenters. The van der Waals surface area contributed by atoms with Gasteiger partial charge in [-0.3, -0.25) is 0 Å². The van der Waals surface area contributed by atoms with Gasteiger partial charge in [-0.05, 0) is 59.5 Å². The van der Waals surface area contributed by atoms with Crippen LogP contribution in [-0.2, 0) is 41.6 Å². The standard InChI is InChI=1S/C32H33N9O11S3.3Na/c1-33-24-8-7-20-15-23(54(46,47)48)17-26(42)28(20)29(24)39-38-25-14-19(6-9-27(25)55(49,50)51)18-40(2)31-35-30(36-32(37-31)41-10-12-52-13-11-41)34-21-4-3-5-22(16-21)53(43,44)45;;;/h3-9,14-17,33,42H,10-13,18H2,1-2H3,(H,43,44,45)(H,46,47,48)(H,49,50,51)(H,34,35,36,37);;;/q;3*+1/p-3. The van der Waals surface area contributed by atoms with Crippen molar-refractivity contribution in [1.29, 1.82) is 0 Å². The van der Waals surface area contributed by atoms with Crippen LogP contribution < -0.4 is 109 Å². The number of azo groups is 1. The first-order chi connectivity index (χ1) is 25.9. The maximum Gasteiger partial charge on any atom is 1.00 e. The number of phenols is 1. The molecule has 0 radical (unpaired) electrons. The predicted octanol–water partition coefficient (Wildman–Crippen LogP) is -5.87. The van der Waals surface area contributed by atoms with Gasteiger partial charge in [-0.2, -0.15) is 15.0 Å². The number of aromatic nitrogens is 3. The van der Waals surface area contributed by atoms with Crippen molar-refractivity contribution >= 4 is 81.7 Å². The van der Waals surface area contributed by atoms with Crippen molar-refractivity contribution in [2.45, 2.75) is 21.2 Å². The SMILES string of the molecule is CNc1ccc2cc(S(=O)(=O)[O-])cc(O)c2c1N=Nc1cc(CN(C)c2nc(Nc3cccc(S(=O)(=O)[O-])c3)nc(N3CCOCC3)n2)ccc1S(=O)(=O)[O-].[Na+].[Na+].[Na+]. The molecule has 58 heavy (non-hydrogen) atoms. The van der Waals surface area contributed by atoms with Crippen LogP contribution in [0.1, 0.15) is 5.56 Å². The van der Waals surface area contributed by atoms with Crippen LogP contribution in [0, 0.1) is 0 Å². The van der Waals surface area contributed by atoms with Gasteiger partial charge in [0.1, 0.15) is 47.5 Å². The molecule has 0 saturated carbocycles. The van der Waals surface area contributed by atoms with Crippen molar-refractivity contribution in [1.82, 2.24) is 15.0 Å². The predicted molar refractivity (Wildman–Crippen MR) is 194 cm³/mol. The Labute approximate surface area is 400 Å². The molecular weight excluding hydrogens is 852 g/mol. The molecule has 2 heterocycles. The first-order valence-corrected chi connectivity index (χ1v) is 20.2. The van der Waals surface area contributed by atoms with E-state index < -0.39 is 50.8 Å². The van der Waals surface area contributed by atoms with E-state index in [1.54, 1.807) is 11.9 Å². The van der Waals surface area contributed by atoms with Crippen LogP contribution in [0.15, 0.2) is 91.6 Å². The number of anilines is 5. The van der Waals surface area contributed by atoms with Crippen molar-refractivity contribution in [3.63, 3.8) is 0 Å². The van der Waals surface area contributed by atoms with E-state index in [-0.39, 0.29) is 147 Å². The third-order valence-electron chi connectivity index (χ3n) is 8.20. The number of rotatable bonds is 12. The molecule has 0 amide bonds. The normalized spacial score (nSPS) is 13.3. The summed E-state index contributed by atoms with van der Waals surface area (Å²) < 4.78 is 112. The summed E-state index contributed by atoms with van der Waals surface area (Å²) in [7, 11) is -11.6. The van der Waals surface area contributed by atoms with E-state index in [2.05, 4.69) is 35.8 Å². The molecule has 20 nitrogen and oxygen atoms in total. The van der Waals surface area contributed by atoms with E-state index in [1.165, 1.54) is 43.4 Å². The first-order valence-electron chi connectivity index (χ1n) is 16.0. The van der Waals surface area contributed by atoms with Crippen LogP contribution in [0.25, 0.3) is 10.8 Å². The Hall–Kier alpha value is -2.56. The van der Waals surface area contributed by atoms with Gasteiger partial charge in [0.15, 0.2) is 0 Å². The number of hydrogen-bond acceptors (Lipinski definition) is 20. The molecule has 0 spiro atoms. The Bertz CT molecular complexity index is 2670. The smallest absolute Gasteiger partial charge is 0.744 e. The van der Waals surface area contributed by atoms with E-state index >= 15 is 0 Å². The molecule has 1 aromatic heterocycles. The number of aromatic hydroxyl groups is 1. The average molecular weight is 882 g/mol. The van der Waals surface area contributed by atoms with Crippen molar-refractivity contribution in [3.05, 3.63) is 72.3 Å². The van der Waals surface area contributed by atoms with Crippen LogP contribution in [0.4, 0.5) is 40.6 Å². The van der Waals surface area contributed by atoms with Gasteiger partial charge in [0.05, 0.1) is 39.0 Å². The van der Waals surface area contributed by atoms with E-state index in [9.17, 15) is 44.0 Å². The summed E-state index contributed by atoms with van der Waals surface area (Å²) >= 11 is 0. The Morgan fingerprint density at radius 2 is 1.52 bits per heavy atom. The fraction of sp³-hybridized carbons (Fsp3) is 0.219. The Morgan fingerprint density at radius 1 is 0.828 bits per heavy atom.